The Labute approximate surface area is 245 Å². The van der Waals surface area contributed by atoms with Crippen molar-refractivity contribution in [1.82, 2.24) is 14.6 Å². The van der Waals surface area contributed by atoms with Crippen LogP contribution in [0.15, 0.2) is 70.6 Å². The van der Waals surface area contributed by atoms with E-state index in [2.05, 4.69) is 10.1 Å². The highest BCUT2D eigenvalue weighted by Gasteiger charge is 2.31. The fourth-order valence-corrected chi connectivity index (χ4v) is 4.64. The van der Waals surface area contributed by atoms with Crippen LogP contribution >= 0.6 is 11.6 Å². The molecule has 2 heterocycles. The third-order valence-corrected chi connectivity index (χ3v) is 6.75. The molecule has 1 aromatic heterocycles. The van der Waals surface area contributed by atoms with Crippen molar-refractivity contribution in [2.75, 3.05) is 32.9 Å². The molecule has 1 aliphatic rings. The maximum absolute atomic E-state index is 13.4. The zero-order valence-electron chi connectivity index (χ0n) is 22.1. The van der Waals surface area contributed by atoms with Gasteiger partial charge in [-0.25, -0.2) is 4.98 Å². The summed E-state index contributed by atoms with van der Waals surface area (Å²) in [5.74, 6) is -0.919. The van der Waals surface area contributed by atoms with Crippen molar-refractivity contribution < 1.29 is 32.4 Å². The van der Waals surface area contributed by atoms with Gasteiger partial charge in [-0.05, 0) is 30.3 Å². The summed E-state index contributed by atoms with van der Waals surface area (Å²) >= 11 is 6.30. The van der Waals surface area contributed by atoms with Gasteiger partial charge in [-0.3, -0.25) is 19.7 Å². The number of carbonyl (C=O) groups excluding carboxylic acids is 1. The van der Waals surface area contributed by atoms with Gasteiger partial charge in [0.15, 0.2) is 12.4 Å². The Kier molecular flexibility index (Phi) is 8.41. The highest BCUT2D eigenvalue weighted by atomic mass is 35.5. The summed E-state index contributed by atoms with van der Waals surface area (Å²) in [6.45, 7) is 0.961. The number of morpholine rings is 1. The molecule has 1 saturated heterocycles. The van der Waals surface area contributed by atoms with Gasteiger partial charge in [0.05, 0.1) is 45.8 Å². The minimum absolute atomic E-state index is 0.0347. The third kappa shape index (κ3) is 6.49. The van der Waals surface area contributed by atoms with Crippen LogP contribution in [0.4, 0.5) is 18.9 Å². The Balaban J connectivity index is 1.52. The number of nitro benzene ring substituents is 1. The van der Waals surface area contributed by atoms with Crippen LogP contribution in [0.5, 0.6) is 5.75 Å². The van der Waals surface area contributed by atoms with Crippen LogP contribution < -0.4 is 10.3 Å². The number of rotatable bonds is 7. The maximum atomic E-state index is 13.4. The molecule has 1 amide bonds. The number of aromatic nitrogens is 2. The average molecular weight is 616 g/mol. The molecule has 1 aliphatic heterocycles. The number of alkyl halides is 3. The number of ether oxygens (including phenoxy) is 2. The molecule has 0 aliphatic carbocycles. The van der Waals surface area contributed by atoms with E-state index in [1.807, 2.05) is 0 Å². The van der Waals surface area contributed by atoms with Crippen LogP contribution in [0.2, 0.25) is 5.02 Å². The van der Waals surface area contributed by atoms with Gasteiger partial charge >= 0.3 is 11.9 Å². The SMILES string of the molecule is O=C(COc1c(Cl)cc(C=Nn2c(-c3cccc(C(F)(F)F)c3)nc3ccccc3c2=O)cc1[N+](=O)[O-])N1CCOCC1. The molecule has 0 atom stereocenters. The first-order valence-corrected chi connectivity index (χ1v) is 13.1. The predicted molar refractivity (Wildman–Crippen MR) is 150 cm³/mol. The molecule has 0 radical (unpaired) electrons. The van der Waals surface area contributed by atoms with E-state index in [0.717, 1.165) is 29.1 Å². The summed E-state index contributed by atoms with van der Waals surface area (Å²) in [7, 11) is 0. The Bertz CT molecular complexity index is 1800. The van der Waals surface area contributed by atoms with E-state index in [1.165, 1.54) is 35.2 Å². The fraction of sp³-hybridized carbons (Fsp3) is 0.214. The molecule has 11 nitrogen and oxygen atoms in total. The lowest BCUT2D eigenvalue weighted by Crippen LogP contribution is -2.43. The largest absolute Gasteiger partial charge is 0.476 e. The zero-order chi connectivity index (χ0) is 30.7. The van der Waals surface area contributed by atoms with Gasteiger partial charge < -0.3 is 14.4 Å². The van der Waals surface area contributed by atoms with Crippen LogP contribution in [-0.4, -0.2) is 64.5 Å². The van der Waals surface area contributed by atoms with Crippen LogP contribution in [0.25, 0.3) is 22.3 Å². The number of para-hydroxylation sites is 1. The number of hydrogen-bond acceptors (Lipinski definition) is 8. The Morgan fingerprint density at radius 2 is 1.88 bits per heavy atom. The second kappa shape index (κ2) is 12.2. The van der Waals surface area contributed by atoms with Crippen molar-refractivity contribution in [1.29, 1.82) is 0 Å². The van der Waals surface area contributed by atoms with Crippen molar-refractivity contribution in [3.05, 3.63) is 97.3 Å². The van der Waals surface area contributed by atoms with E-state index in [9.17, 15) is 32.9 Å². The maximum Gasteiger partial charge on any atom is 0.416 e. The molecule has 222 valence electrons. The van der Waals surface area contributed by atoms with Crippen LogP contribution in [-0.2, 0) is 15.7 Å². The lowest BCUT2D eigenvalue weighted by molar-refractivity contribution is -0.385. The molecule has 0 saturated carbocycles. The van der Waals surface area contributed by atoms with Gasteiger partial charge in [0.1, 0.15) is 0 Å². The number of fused-ring (bicyclic) bond motifs is 1. The van der Waals surface area contributed by atoms with Crippen LogP contribution in [0.3, 0.4) is 0 Å². The molecule has 3 aromatic carbocycles. The molecular formula is C28H21ClF3N5O6. The second-order valence-electron chi connectivity index (χ2n) is 9.28. The monoisotopic (exact) mass is 615 g/mol. The van der Waals surface area contributed by atoms with E-state index in [1.54, 1.807) is 12.1 Å². The van der Waals surface area contributed by atoms with Gasteiger partial charge in [-0.1, -0.05) is 35.9 Å². The number of benzene rings is 3. The summed E-state index contributed by atoms with van der Waals surface area (Å²) in [5, 5.41) is 15.9. The third-order valence-electron chi connectivity index (χ3n) is 6.47. The van der Waals surface area contributed by atoms with Crippen molar-refractivity contribution in [3.63, 3.8) is 0 Å². The van der Waals surface area contributed by atoms with Crippen molar-refractivity contribution >= 4 is 40.3 Å². The molecule has 0 unspecified atom stereocenters. The molecular weight excluding hydrogens is 595 g/mol. The molecule has 0 N–H and O–H groups in total. The smallest absolute Gasteiger partial charge is 0.416 e. The van der Waals surface area contributed by atoms with Crippen LogP contribution in [0, 0.1) is 10.1 Å². The minimum atomic E-state index is -4.65. The highest BCUT2D eigenvalue weighted by molar-refractivity contribution is 6.32. The summed E-state index contributed by atoms with van der Waals surface area (Å²) < 4.78 is 51.7. The normalized spacial score (nSPS) is 13.9. The lowest BCUT2D eigenvalue weighted by atomic mass is 10.1. The van der Waals surface area contributed by atoms with Gasteiger partial charge in [-0.15, -0.1) is 0 Å². The van der Waals surface area contributed by atoms with Crippen molar-refractivity contribution in [2.45, 2.75) is 6.18 Å². The van der Waals surface area contributed by atoms with Crippen molar-refractivity contribution in [3.8, 4) is 17.1 Å². The molecule has 43 heavy (non-hydrogen) atoms. The van der Waals surface area contributed by atoms with E-state index in [0.29, 0.717) is 26.3 Å². The first kappa shape index (κ1) is 29.7. The summed E-state index contributed by atoms with van der Waals surface area (Å²) in [5.41, 5.74) is -1.93. The van der Waals surface area contributed by atoms with Gasteiger partial charge in [0, 0.05) is 30.3 Å². The fourth-order valence-electron chi connectivity index (χ4n) is 4.37. The van der Waals surface area contributed by atoms with Crippen molar-refractivity contribution in [2.24, 2.45) is 5.10 Å². The quantitative estimate of drug-likeness (QED) is 0.166. The minimum Gasteiger partial charge on any atom is -0.476 e. The molecule has 5 rings (SSSR count). The van der Waals surface area contributed by atoms with Crippen LogP contribution in [0.1, 0.15) is 11.1 Å². The van der Waals surface area contributed by atoms with E-state index >= 15 is 0 Å². The first-order chi connectivity index (χ1) is 20.5. The standard InChI is InChI=1S/C28H21ClF3N5O6/c29-21-12-17(13-23(37(40)41)25(21)43-16-24(38)35-8-10-42-11-9-35)15-33-36-26(18-4-3-5-19(14-18)28(30,31)32)34-22-7-2-1-6-20(22)27(36)39/h1-7,12-15H,8-11,16H2. The zero-order valence-corrected chi connectivity index (χ0v) is 22.8. The molecule has 1 fully saturated rings. The highest BCUT2D eigenvalue weighted by Crippen LogP contribution is 2.36. The summed E-state index contributed by atoms with van der Waals surface area (Å²) in [4.78, 5) is 42.8. The molecule has 4 aromatic rings. The lowest BCUT2D eigenvalue weighted by Gasteiger charge is -2.26. The number of hydrogen-bond donors (Lipinski definition) is 0. The summed E-state index contributed by atoms with van der Waals surface area (Å²) in [6, 6.07) is 12.8. The molecule has 15 heteroatoms. The number of nitro groups is 1. The Morgan fingerprint density at radius 3 is 2.60 bits per heavy atom. The predicted octanol–water partition coefficient (Wildman–Crippen LogP) is 4.76. The van der Waals surface area contributed by atoms with E-state index in [-0.39, 0.29) is 38.6 Å². The number of amides is 1. The first-order valence-electron chi connectivity index (χ1n) is 12.7. The number of nitrogens with zero attached hydrogens (tertiary/aromatic N) is 5. The number of carbonyl (C=O) groups is 1. The summed E-state index contributed by atoms with van der Waals surface area (Å²) in [6.07, 6.45) is -3.57. The van der Waals surface area contributed by atoms with E-state index < -0.39 is 40.4 Å². The number of halogens is 4. The second-order valence-corrected chi connectivity index (χ2v) is 9.69. The Hall–Kier alpha value is -4.82. The Morgan fingerprint density at radius 1 is 1.14 bits per heavy atom. The topological polar surface area (TPSA) is 129 Å². The van der Waals surface area contributed by atoms with Gasteiger partial charge in [0.2, 0.25) is 5.75 Å². The van der Waals surface area contributed by atoms with Gasteiger partial charge in [-0.2, -0.15) is 22.9 Å². The van der Waals surface area contributed by atoms with Gasteiger partial charge in [0.25, 0.3) is 11.5 Å². The average Bonchev–Trinajstić information content (AvgIpc) is 2.99. The van der Waals surface area contributed by atoms with E-state index in [4.69, 9.17) is 21.1 Å². The molecule has 0 spiro atoms. The molecule has 0 bridgehead atoms.